The highest BCUT2D eigenvalue weighted by molar-refractivity contribution is 5.81. The molecule has 5 heteroatoms. The molecule has 1 heterocycles. The van der Waals surface area contributed by atoms with Gasteiger partial charge in [-0.15, -0.1) is 0 Å². The number of amides is 1. The number of carbonyl (C=O) groups excluding carboxylic acids is 1. The molecule has 1 aliphatic heterocycles. The van der Waals surface area contributed by atoms with Crippen molar-refractivity contribution in [3.63, 3.8) is 0 Å². The Balaban J connectivity index is 2.89. The van der Waals surface area contributed by atoms with Crippen LogP contribution in [0, 0.1) is 5.92 Å². The molecule has 1 aliphatic rings. The normalized spacial score (nSPS) is 24.4. The zero-order valence-electron chi connectivity index (χ0n) is 11.8. The second-order valence-electron chi connectivity index (χ2n) is 6.13. The molecule has 0 aromatic rings. The first-order valence-corrected chi connectivity index (χ1v) is 6.37. The Morgan fingerprint density at radius 3 is 2.22 bits per heavy atom. The van der Waals surface area contributed by atoms with Crippen molar-refractivity contribution in [1.82, 2.24) is 4.90 Å². The Morgan fingerprint density at radius 2 is 1.83 bits per heavy atom. The average Bonchev–Trinajstić information content (AvgIpc) is 2.58. The molecule has 0 bridgehead atoms. The van der Waals surface area contributed by atoms with Crippen LogP contribution in [0.25, 0.3) is 0 Å². The maximum absolute atomic E-state index is 12.1. The SMILES string of the molecule is CC(C)C1CCC(C(=O)O)N1C(=O)OC(C)(C)C. The molecule has 0 aliphatic carbocycles. The molecule has 104 valence electrons. The summed E-state index contributed by atoms with van der Waals surface area (Å²) in [5, 5.41) is 9.18. The number of aliphatic carboxylic acids is 1. The molecule has 0 spiro atoms. The first-order valence-electron chi connectivity index (χ1n) is 6.37. The van der Waals surface area contributed by atoms with Crippen LogP contribution in [0.1, 0.15) is 47.5 Å². The number of ether oxygens (including phenoxy) is 1. The number of hydrogen-bond donors (Lipinski definition) is 1. The monoisotopic (exact) mass is 257 g/mol. The maximum Gasteiger partial charge on any atom is 0.411 e. The fraction of sp³-hybridized carbons (Fsp3) is 0.846. The number of carbonyl (C=O) groups is 2. The Bertz CT molecular complexity index is 332. The summed E-state index contributed by atoms with van der Waals surface area (Å²) >= 11 is 0. The van der Waals surface area contributed by atoms with Crippen molar-refractivity contribution in [3.8, 4) is 0 Å². The van der Waals surface area contributed by atoms with Crippen molar-refractivity contribution in [2.75, 3.05) is 0 Å². The van der Waals surface area contributed by atoms with E-state index in [9.17, 15) is 14.7 Å². The molecule has 1 N–H and O–H groups in total. The quantitative estimate of drug-likeness (QED) is 0.825. The minimum Gasteiger partial charge on any atom is -0.480 e. The highest BCUT2D eigenvalue weighted by atomic mass is 16.6. The molecular weight excluding hydrogens is 234 g/mol. The number of rotatable bonds is 2. The van der Waals surface area contributed by atoms with Crippen molar-refractivity contribution in [3.05, 3.63) is 0 Å². The van der Waals surface area contributed by atoms with Crippen molar-refractivity contribution < 1.29 is 19.4 Å². The van der Waals surface area contributed by atoms with Crippen molar-refractivity contribution in [1.29, 1.82) is 0 Å². The van der Waals surface area contributed by atoms with E-state index in [0.29, 0.717) is 12.8 Å². The average molecular weight is 257 g/mol. The van der Waals surface area contributed by atoms with Gasteiger partial charge in [-0.2, -0.15) is 0 Å². The van der Waals surface area contributed by atoms with Crippen LogP contribution in [0.2, 0.25) is 0 Å². The van der Waals surface area contributed by atoms with Crippen LogP contribution in [0.4, 0.5) is 4.79 Å². The standard InChI is InChI=1S/C13H23NO4/c1-8(2)9-6-7-10(11(15)16)14(9)12(17)18-13(3,4)5/h8-10H,6-7H2,1-5H3,(H,15,16). The zero-order chi connectivity index (χ0) is 14.1. The number of carboxylic acid groups (broad SMARTS) is 1. The smallest absolute Gasteiger partial charge is 0.411 e. The number of likely N-dealkylation sites (tertiary alicyclic amines) is 1. The van der Waals surface area contributed by atoms with Crippen molar-refractivity contribution in [2.45, 2.75) is 65.1 Å². The van der Waals surface area contributed by atoms with Crippen LogP contribution in [0.3, 0.4) is 0 Å². The Labute approximate surface area is 108 Å². The third-order valence-electron chi connectivity index (χ3n) is 3.09. The van der Waals surface area contributed by atoms with Gasteiger partial charge in [0.05, 0.1) is 0 Å². The summed E-state index contributed by atoms with van der Waals surface area (Å²) in [5.74, 6) is -0.731. The van der Waals surface area contributed by atoms with Gasteiger partial charge in [0.25, 0.3) is 0 Å². The topological polar surface area (TPSA) is 66.8 Å². The van der Waals surface area contributed by atoms with Gasteiger partial charge in [0, 0.05) is 6.04 Å². The van der Waals surface area contributed by atoms with Crippen LogP contribution in [-0.2, 0) is 9.53 Å². The lowest BCUT2D eigenvalue weighted by molar-refractivity contribution is -0.142. The summed E-state index contributed by atoms with van der Waals surface area (Å²) in [5.41, 5.74) is -0.607. The lowest BCUT2D eigenvalue weighted by Gasteiger charge is -2.32. The summed E-state index contributed by atoms with van der Waals surface area (Å²) in [7, 11) is 0. The van der Waals surface area contributed by atoms with Crippen LogP contribution in [0.5, 0.6) is 0 Å². The molecule has 1 fully saturated rings. The van der Waals surface area contributed by atoms with Crippen LogP contribution >= 0.6 is 0 Å². The summed E-state index contributed by atoms with van der Waals surface area (Å²) in [6.07, 6.45) is 0.691. The largest absolute Gasteiger partial charge is 0.480 e. The minimum atomic E-state index is -0.955. The van der Waals surface area contributed by atoms with Gasteiger partial charge < -0.3 is 9.84 Å². The summed E-state index contributed by atoms with van der Waals surface area (Å²) in [6, 6.07) is -0.812. The molecule has 2 atom stereocenters. The van der Waals surface area contributed by atoms with Gasteiger partial charge in [-0.3, -0.25) is 4.90 Å². The van der Waals surface area contributed by atoms with Crippen molar-refractivity contribution in [2.24, 2.45) is 5.92 Å². The fourth-order valence-electron chi connectivity index (χ4n) is 2.31. The summed E-state index contributed by atoms with van der Waals surface area (Å²) in [4.78, 5) is 24.7. The van der Waals surface area contributed by atoms with Crippen molar-refractivity contribution >= 4 is 12.1 Å². The van der Waals surface area contributed by atoms with E-state index in [-0.39, 0.29) is 12.0 Å². The maximum atomic E-state index is 12.1. The second-order valence-corrected chi connectivity index (χ2v) is 6.13. The van der Waals surface area contributed by atoms with Gasteiger partial charge in [-0.1, -0.05) is 13.8 Å². The first kappa shape index (κ1) is 14.8. The van der Waals surface area contributed by atoms with Gasteiger partial charge >= 0.3 is 12.1 Å². The van der Waals surface area contributed by atoms with E-state index in [2.05, 4.69) is 0 Å². The number of nitrogens with zero attached hydrogens (tertiary/aromatic N) is 1. The third-order valence-corrected chi connectivity index (χ3v) is 3.09. The molecule has 0 aromatic carbocycles. The van der Waals surface area contributed by atoms with E-state index < -0.39 is 23.7 Å². The minimum absolute atomic E-state index is 0.0547. The molecule has 2 unspecified atom stereocenters. The van der Waals surface area contributed by atoms with E-state index in [1.54, 1.807) is 20.8 Å². The second kappa shape index (κ2) is 5.16. The molecule has 1 amide bonds. The van der Waals surface area contributed by atoms with E-state index in [0.717, 1.165) is 0 Å². The van der Waals surface area contributed by atoms with E-state index in [1.165, 1.54) is 4.90 Å². The Hall–Kier alpha value is -1.26. The number of hydrogen-bond acceptors (Lipinski definition) is 3. The molecule has 5 nitrogen and oxygen atoms in total. The van der Waals surface area contributed by atoms with Gasteiger partial charge in [0.15, 0.2) is 0 Å². The van der Waals surface area contributed by atoms with E-state index in [4.69, 9.17) is 4.74 Å². The lowest BCUT2D eigenvalue weighted by Crippen LogP contribution is -2.48. The lowest BCUT2D eigenvalue weighted by atomic mass is 10.0. The molecule has 1 rings (SSSR count). The van der Waals surface area contributed by atoms with Gasteiger partial charge in [-0.05, 0) is 39.5 Å². The Kier molecular flexibility index (Phi) is 4.24. The first-order chi connectivity index (χ1) is 8.13. The van der Waals surface area contributed by atoms with Gasteiger partial charge in [0.2, 0.25) is 0 Å². The third kappa shape index (κ3) is 3.37. The molecule has 0 saturated carbocycles. The molecule has 0 aromatic heterocycles. The molecular formula is C13H23NO4. The zero-order valence-corrected chi connectivity index (χ0v) is 11.8. The molecule has 1 saturated heterocycles. The molecule has 0 radical (unpaired) electrons. The van der Waals surface area contributed by atoms with Crippen LogP contribution < -0.4 is 0 Å². The van der Waals surface area contributed by atoms with Crippen LogP contribution in [0.15, 0.2) is 0 Å². The summed E-state index contributed by atoms with van der Waals surface area (Å²) in [6.45, 7) is 9.32. The van der Waals surface area contributed by atoms with E-state index >= 15 is 0 Å². The highest BCUT2D eigenvalue weighted by Crippen LogP contribution is 2.30. The van der Waals surface area contributed by atoms with E-state index in [1.807, 2.05) is 13.8 Å². The predicted octanol–water partition coefficient (Wildman–Crippen LogP) is 2.50. The fourth-order valence-corrected chi connectivity index (χ4v) is 2.31. The summed E-state index contributed by atoms with van der Waals surface area (Å²) < 4.78 is 5.31. The number of carboxylic acids is 1. The van der Waals surface area contributed by atoms with Gasteiger partial charge in [0.1, 0.15) is 11.6 Å². The van der Waals surface area contributed by atoms with Gasteiger partial charge in [-0.25, -0.2) is 9.59 Å². The Morgan fingerprint density at radius 1 is 1.28 bits per heavy atom. The van der Waals surface area contributed by atoms with Crippen LogP contribution in [-0.4, -0.2) is 39.8 Å². The predicted molar refractivity (Wildman–Crippen MR) is 67.4 cm³/mol. The molecule has 18 heavy (non-hydrogen) atoms. The highest BCUT2D eigenvalue weighted by Gasteiger charge is 2.43.